The standard InChI is InChI=1S/C20H26N6O4/c1-20(30-2)5-7-26(8-6-20)17-13(9-21)18(28)25-14-3-4-15(24-16(14)17)19(29)23-10-12(22)11-27/h3-4,12,27H,5-8,10-11,22H2,1-2H3,(H,23,29)(H,25,28). The van der Waals surface area contributed by atoms with Gasteiger partial charge in [0.2, 0.25) is 0 Å². The Bertz CT molecular complexity index is 1040. The molecule has 1 fully saturated rings. The second-order valence-electron chi connectivity index (χ2n) is 7.68. The highest BCUT2D eigenvalue weighted by atomic mass is 16.5. The number of rotatable bonds is 6. The van der Waals surface area contributed by atoms with Crippen molar-refractivity contribution < 1.29 is 14.6 Å². The Morgan fingerprint density at radius 1 is 1.50 bits per heavy atom. The Labute approximate surface area is 173 Å². The maximum absolute atomic E-state index is 12.5. The number of fused-ring (bicyclic) bond motifs is 1. The first-order chi connectivity index (χ1) is 14.3. The number of nitrogens with two attached hydrogens (primary N) is 1. The number of ether oxygens (including phenoxy) is 1. The van der Waals surface area contributed by atoms with Crippen molar-refractivity contribution in [3.05, 3.63) is 33.7 Å². The summed E-state index contributed by atoms with van der Waals surface area (Å²) < 4.78 is 5.58. The van der Waals surface area contributed by atoms with Gasteiger partial charge in [0.15, 0.2) is 0 Å². The van der Waals surface area contributed by atoms with Crippen molar-refractivity contribution in [2.24, 2.45) is 5.73 Å². The van der Waals surface area contributed by atoms with Crippen LogP contribution in [0.2, 0.25) is 0 Å². The number of nitrogens with zero attached hydrogens (tertiary/aromatic N) is 3. The van der Waals surface area contributed by atoms with E-state index in [-0.39, 0.29) is 30.0 Å². The van der Waals surface area contributed by atoms with Crippen LogP contribution in [-0.4, -0.2) is 66.0 Å². The van der Waals surface area contributed by atoms with Crippen LogP contribution in [0.3, 0.4) is 0 Å². The Kier molecular flexibility index (Phi) is 6.36. The van der Waals surface area contributed by atoms with E-state index in [0.717, 1.165) is 12.8 Å². The first-order valence-corrected chi connectivity index (χ1v) is 9.73. The molecule has 3 rings (SSSR count). The van der Waals surface area contributed by atoms with Crippen LogP contribution < -0.4 is 21.5 Å². The van der Waals surface area contributed by atoms with E-state index in [1.165, 1.54) is 6.07 Å². The number of H-pyrrole nitrogens is 1. The maximum atomic E-state index is 12.5. The van der Waals surface area contributed by atoms with Crippen molar-refractivity contribution in [1.82, 2.24) is 15.3 Å². The molecule has 1 unspecified atom stereocenters. The molecule has 10 nitrogen and oxygen atoms in total. The van der Waals surface area contributed by atoms with E-state index in [4.69, 9.17) is 15.6 Å². The Balaban J connectivity index is 2.02. The van der Waals surface area contributed by atoms with E-state index in [1.54, 1.807) is 13.2 Å². The lowest BCUT2D eigenvalue weighted by molar-refractivity contribution is -0.0132. The average molecular weight is 414 g/mol. The zero-order valence-electron chi connectivity index (χ0n) is 17.1. The molecule has 2 aromatic heterocycles. The molecule has 0 radical (unpaired) electrons. The van der Waals surface area contributed by atoms with Gasteiger partial charge in [-0.25, -0.2) is 4.98 Å². The fourth-order valence-electron chi connectivity index (χ4n) is 3.48. The van der Waals surface area contributed by atoms with Crippen LogP contribution in [-0.2, 0) is 4.74 Å². The van der Waals surface area contributed by atoms with Crippen LogP contribution in [0.25, 0.3) is 11.0 Å². The lowest BCUT2D eigenvalue weighted by Gasteiger charge is -2.39. The smallest absolute Gasteiger partial charge is 0.269 e. The predicted molar refractivity (Wildman–Crippen MR) is 111 cm³/mol. The van der Waals surface area contributed by atoms with Gasteiger partial charge in [0.25, 0.3) is 11.5 Å². The number of carbonyl (C=O) groups excluding carboxylic acids is 1. The largest absolute Gasteiger partial charge is 0.395 e. The van der Waals surface area contributed by atoms with Gasteiger partial charge >= 0.3 is 0 Å². The molecule has 1 saturated heterocycles. The number of piperidine rings is 1. The summed E-state index contributed by atoms with van der Waals surface area (Å²) in [6, 6.07) is 4.50. The van der Waals surface area contributed by atoms with Gasteiger partial charge in [-0.05, 0) is 31.9 Å². The summed E-state index contributed by atoms with van der Waals surface area (Å²) in [5.41, 5.74) is 6.22. The molecule has 5 N–H and O–H groups in total. The number of aliphatic hydroxyl groups excluding tert-OH is 1. The lowest BCUT2D eigenvalue weighted by Crippen LogP contribution is -2.44. The SMILES string of the molecule is COC1(C)CCN(c2c(C#N)c(=O)[nH]c3ccc(C(=O)NCC(N)CO)nc23)CC1. The number of pyridine rings is 2. The van der Waals surface area contributed by atoms with Gasteiger partial charge in [0.1, 0.15) is 22.8 Å². The van der Waals surface area contributed by atoms with Gasteiger partial charge in [0.05, 0.1) is 23.4 Å². The van der Waals surface area contributed by atoms with Gasteiger partial charge in [-0.1, -0.05) is 0 Å². The summed E-state index contributed by atoms with van der Waals surface area (Å²) in [5, 5.41) is 21.2. The third-order valence-corrected chi connectivity index (χ3v) is 5.57. The number of hydrogen-bond donors (Lipinski definition) is 4. The summed E-state index contributed by atoms with van der Waals surface area (Å²) in [7, 11) is 1.67. The topological polar surface area (TPSA) is 157 Å². The zero-order chi connectivity index (χ0) is 21.9. The summed E-state index contributed by atoms with van der Waals surface area (Å²) in [6.45, 7) is 3.04. The quantitative estimate of drug-likeness (QED) is 0.508. The molecule has 0 spiro atoms. The number of nitrogens with one attached hydrogen (secondary N) is 2. The molecule has 0 saturated carbocycles. The van der Waals surface area contributed by atoms with Crippen molar-refractivity contribution in [2.45, 2.75) is 31.4 Å². The van der Waals surface area contributed by atoms with E-state index in [1.807, 2.05) is 17.9 Å². The van der Waals surface area contributed by atoms with Crippen LogP contribution in [0.5, 0.6) is 0 Å². The van der Waals surface area contributed by atoms with Gasteiger partial charge in [0, 0.05) is 32.8 Å². The third-order valence-electron chi connectivity index (χ3n) is 5.57. The van der Waals surface area contributed by atoms with E-state index in [2.05, 4.69) is 15.3 Å². The summed E-state index contributed by atoms with van der Waals surface area (Å²) in [4.78, 5) is 34.0. The highest BCUT2D eigenvalue weighted by molar-refractivity contribution is 5.97. The van der Waals surface area contributed by atoms with E-state index in [9.17, 15) is 14.9 Å². The van der Waals surface area contributed by atoms with Gasteiger partial charge in [-0.2, -0.15) is 5.26 Å². The number of carbonyl (C=O) groups is 1. The van der Waals surface area contributed by atoms with Crippen LogP contribution in [0, 0.1) is 11.3 Å². The summed E-state index contributed by atoms with van der Waals surface area (Å²) >= 11 is 0. The third kappa shape index (κ3) is 4.28. The Morgan fingerprint density at radius 3 is 2.80 bits per heavy atom. The number of aliphatic hydroxyl groups is 1. The lowest BCUT2D eigenvalue weighted by atomic mass is 9.92. The van der Waals surface area contributed by atoms with Crippen molar-refractivity contribution in [1.29, 1.82) is 5.26 Å². The van der Waals surface area contributed by atoms with Crippen molar-refractivity contribution in [2.75, 3.05) is 38.3 Å². The molecular weight excluding hydrogens is 388 g/mol. The van der Waals surface area contributed by atoms with Crippen molar-refractivity contribution >= 4 is 22.6 Å². The van der Waals surface area contributed by atoms with Crippen molar-refractivity contribution in [3.63, 3.8) is 0 Å². The normalized spacial score (nSPS) is 16.8. The number of hydrogen-bond acceptors (Lipinski definition) is 8. The van der Waals surface area contributed by atoms with Gasteiger partial charge in [-0.15, -0.1) is 0 Å². The van der Waals surface area contributed by atoms with Gasteiger partial charge < -0.3 is 30.8 Å². The second kappa shape index (κ2) is 8.79. The molecule has 1 aliphatic rings. The summed E-state index contributed by atoms with van der Waals surface area (Å²) in [6.07, 6.45) is 1.45. The molecule has 1 atom stereocenters. The Hall–Kier alpha value is -3.00. The number of anilines is 1. The molecule has 2 aromatic rings. The minimum Gasteiger partial charge on any atom is -0.395 e. The molecule has 160 valence electrons. The Morgan fingerprint density at radius 2 is 2.20 bits per heavy atom. The summed E-state index contributed by atoms with van der Waals surface area (Å²) in [5.74, 6) is -0.456. The molecule has 1 aliphatic heterocycles. The number of nitriles is 1. The molecule has 30 heavy (non-hydrogen) atoms. The molecule has 0 aliphatic carbocycles. The molecule has 10 heteroatoms. The van der Waals surface area contributed by atoms with E-state index in [0.29, 0.717) is 29.8 Å². The molecule has 3 heterocycles. The minimum absolute atomic E-state index is 0.0316. The first-order valence-electron chi connectivity index (χ1n) is 9.73. The fourth-order valence-corrected chi connectivity index (χ4v) is 3.48. The van der Waals surface area contributed by atoms with Crippen LogP contribution >= 0.6 is 0 Å². The highest BCUT2D eigenvalue weighted by Crippen LogP contribution is 2.32. The first kappa shape index (κ1) is 21.7. The average Bonchev–Trinajstić information content (AvgIpc) is 2.76. The second-order valence-corrected chi connectivity index (χ2v) is 7.68. The minimum atomic E-state index is -0.574. The number of methoxy groups -OCH3 is 1. The fraction of sp³-hybridized carbons (Fsp3) is 0.500. The number of amides is 1. The highest BCUT2D eigenvalue weighted by Gasteiger charge is 2.32. The van der Waals surface area contributed by atoms with Crippen LogP contribution in [0.15, 0.2) is 16.9 Å². The van der Waals surface area contributed by atoms with Crippen LogP contribution in [0.4, 0.5) is 5.69 Å². The zero-order valence-corrected chi connectivity index (χ0v) is 17.1. The molecule has 1 amide bonds. The number of aromatic amines is 1. The molecular formula is C20H26N6O4. The van der Waals surface area contributed by atoms with Crippen molar-refractivity contribution in [3.8, 4) is 6.07 Å². The van der Waals surface area contributed by atoms with Crippen LogP contribution in [0.1, 0.15) is 35.8 Å². The molecule has 0 bridgehead atoms. The maximum Gasteiger partial charge on any atom is 0.269 e. The molecule has 0 aromatic carbocycles. The monoisotopic (exact) mass is 414 g/mol. The van der Waals surface area contributed by atoms with E-state index >= 15 is 0 Å². The van der Waals surface area contributed by atoms with E-state index < -0.39 is 17.5 Å². The van der Waals surface area contributed by atoms with Gasteiger partial charge in [-0.3, -0.25) is 9.59 Å². The predicted octanol–water partition coefficient (Wildman–Crippen LogP) is -0.151. The number of aromatic nitrogens is 2.